The van der Waals surface area contributed by atoms with Gasteiger partial charge in [0.2, 0.25) is 5.91 Å². The monoisotopic (exact) mass is 258 g/mol. The van der Waals surface area contributed by atoms with Crippen LogP contribution in [0.4, 0.5) is 5.69 Å². The van der Waals surface area contributed by atoms with Crippen LogP contribution in [-0.4, -0.2) is 16.1 Å². The van der Waals surface area contributed by atoms with Crippen LogP contribution in [0.15, 0.2) is 59.8 Å². The van der Waals surface area contributed by atoms with Gasteiger partial charge in [0, 0.05) is 23.0 Å². The molecule has 0 saturated carbocycles. The van der Waals surface area contributed by atoms with Crippen LogP contribution >= 0.6 is 11.8 Å². The van der Waals surface area contributed by atoms with E-state index in [9.17, 15) is 4.79 Å². The number of aromatic nitrogens is 1. The third-order valence-electron chi connectivity index (χ3n) is 2.37. The predicted octanol–water partition coefficient (Wildman–Crippen LogP) is 3.20. The summed E-state index contributed by atoms with van der Waals surface area (Å²) in [5.74, 6) is -0.00458. The number of thioether (sulfide) groups is 1. The summed E-state index contributed by atoms with van der Waals surface area (Å²) < 4.78 is 0. The molecular formula is C14H14N2OS. The zero-order valence-corrected chi connectivity index (χ0v) is 10.9. The van der Waals surface area contributed by atoms with Crippen molar-refractivity contribution in [2.75, 3.05) is 5.32 Å². The number of rotatable bonds is 4. The van der Waals surface area contributed by atoms with Gasteiger partial charge in [-0.1, -0.05) is 18.2 Å². The third-order valence-corrected chi connectivity index (χ3v) is 3.49. The molecule has 0 aliphatic heterocycles. The molecule has 18 heavy (non-hydrogen) atoms. The van der Waals surface area contributed by atoms with Crippen LogP contribution in [0, 0.1) is 0 Å². The van der Waals surface area contributed by atoms with Crippen molar-refractivity contribution >= 4 is 23.4 Å². The van der Waals surface area contributed by atoms with Crippen molar-refractivity contribution in [3.63, 3.8) is 0 Å². The highest BCUT2D eigenvalue weighted by molar-refractivity contribution is 8.00. The predicted molar refractivity (Wildman–Crippen MR) is 74.6 cm³/mol. The molecule has 1 aromatic carbocycles. The molecule has 0 radical (unpaired) electrons. The average Bonchev–Trinajstić information content (AvgIpc) is 2.41. The van der Waals surface area contributed by atoms with Gasteiger partial charge in [-0.15, -0.1) is 11.8 Å². The number of anilines is 1. The fraction of sp³-hybridized carbons (Fsp3) is 0.143. The maximum atomic E-state index is 12.0. The molecule has 1 amide bonds. The van der Waals surface area contributed by atoms with Gasteiger partial charge in [-0.25, -0.2) is 0 Å². The van der Waals surface area contributed by atoms with E-state index in [1.165, 1.54) is 0 Å². The molecule has 2 rings (SSSR count). The van der Waals surface area contributed by atoms with Gasteiger partial charge < -0.3 is 5.32 Å². The first-order valence-corrected chi connectivity index (χ1v) is 6.56. The zero-order chi connectivity index (χ0) is 12.8. The Labute approximate surface area is 111 Å². The summed E-state index contributed by atoms with van der Waals surface area (Å²) in [6.07, 6.45) is 3.31. The number of benzene rings is 1. The zero-order valence-electron chi connectivity index (χ0n) is 10.0. The van der Waals surface area contributed by atoms with Crippen molar-refractivity contribution in [2.24, 2.45) is 0 Å². The lowest BCUT2D eigenvalue weighted by Crippen LogP contribution is -2.22. The Morgan fingerprint density at radius 1 is 1.17 bits per heavy atom. The van der Waals surface area contributed by atoms with Gasteiger partial charge >= 0.3 is 0 Å². The van der Waals surface area contributed by atoms with Crippen molar-refractivity contribution in [1.29, 1.82) is 0 Å². The Balaban J connectivity index is 1.93. The van der Waals surface area contributed by atoms with E-state index in [-0.39, 0.29) is 11.2 Å². The first kappa shape index (κ1) is 12.6. The molecule has 1 heterocycles. The number of nitrogens with one attached hydrogen (secondary N) is 1. The van der Waals surface area contributed by atoms with Crippen molar-refractivity contribution in [2.45, 2.75) is 17.1 Å². The molecule has 2 aromatic rings. The largest absolute Gasteiger partial charge is 0.325 e. The van der Waals surface area contributed by atoms with Gasteiger partial charge in [0.05, 0.1) is 5.25 Å². The van der Waals surface area contributed by atoms with Crippen LogP contribution in [-0.2, 0) is 4.79 Å². The van der Waals surface area contributed by atoms with E-state index in [1.54, 1.807) is 36.3 Å². The first-order valence-electron chi connectivity index (χ1n) is 5.68. The maximum absolute atomic E-state index is 12.0. The van der Waals surface area contributed by atoms with Crippen LogP contribution in [0.2, 0.25) is 0 Å². The lowest BCUT2D eigenvalue weighted by molar-refractivity contribution is -0.115. The quantitative estimate of drug-likeness (QED) is 0.856. The molecule has 92 valence electrons. The Morgan fingerprint density at radius 3 is 2.50 bits per heavy atom. The third kappa shape index (κ3) is 3.60. The molecule has 1 aromatic heterocycles. The number of carbonyl (C=O) groups excluding carboxylic acids is 1. The molecule has 0 spiro atoms. The average molecular weight is 258 g/mol. The van der Waals surface area contributed by atoms with Gasteiger partial charge in [0.15, 0.2) is 0 Å². The molecule has 0 saturated heterocycles. The van der Waals surface area contributed by atoms with Crippen LogP contribution in [0.1, 0.15) is 6.92 Å². The number of pyridine rings is 1. The van der Waals surface area contributed by atoms with Crippen LogP contribution in [0.3, 0.4) is 0 Å². The normalized spacial score (nSPS) is 11.8. The van der Waals surface area contributed by atoms with Crippen LogP contribution in [0.25, 0.3) is 0 Å². The second-order valence-electron chi connectivity index (χ2n) is 3.80. The van der Waals surface area contributed by atoms with Crippen LogP contribution < -0.4 is 5.32 Å². The molecule has 0 bridgehead atoms. The Kier molecular flexibility index (Phi) is 4.36. The second-order valence-corrected chi connectivity index (χ2v) is 5.21. The lowest BCUT2D eigenvalue weighted by atomic mass is 10.3. The molecule has 0 aliphatic carbocycles. The number of hydrogen-bond donors (Lipinski definition) is 1. The SMILES string of the molecule is CC(Sc1ccccc1)C(=O)Nc1ccncc1. The summed E-state index contributed by atoms with van der Waals surface area (Å²) in [4.78, 5) is 17.0. The highest BCUT2D eigenvalue weighted by Gasteiger charge is 2.14. The van der Waals surface area contributed by atoms with E-state index in [0.29, 0.717) is 0 Å². The molecule has 0 fully saturated rings. The van der Waals surface area contributed by atoms with Crippen molar-refractivity contribution in [1.82, 2.24) is 4.98 Å². The number of nitrogens with zero attached hydrogens (tertiary/aromatic N) is 1. The van der Waals surface area contributed by atoms with E-state index >= 15 is 0 Å². The van der Waals surface area contributed by atoms with Gasteiger partial charge in [-0.3, -0.25) is 9.78 Å². The summed E-state index contributed by atoms with van der Waals surface area (Å²) in [6, 6.07) is 13.5. The van der Waals surface area contributed by atoms with Gasteiger partial charge in [0.25, 0.3) is 0 Å². The van der Waals surface area contributed by atoms with E-state index < -0.39 is 0 Å². The Morgan fingerprint density at radius 2 is 1.83 bits per heavy atom. The molecule has 0 aliphatic rings. The first-order chi connectivity index (χ1) is 8.75. The summed E-state index contributed by atoms with van der Waals surface area (Å²) in [7, 11) is 0. The number of carbonyl (C=O) groups is 1. The summed E-state index contributed by atoms with van der Waals surface area (Å²) in [5, 5.41) is 2.72. The Bertz CT molecular complexity index is 502. The fourth-order valence-corrected chi connectivity index (χ4v) is 2.32. The van der Waals surface area contributed by atoms with Gasteiger partial charge in [0.1, 0.15) is 0 Å². The molecular weight excluding hydrogens is 244 g/mol. The van der Waals surface area contributed by atoms with Gasteiger partial charge in [-0.2, -0.15) is 0 Å². The Hall–Kier alpha value is -1.81. The van der Waals surface area contributed by atoms with Crippen LogP contribution in [0.5, 0.6) is 0 Å². The van der Waals surface area contributed by atoms with Crippen molar-refractivity contribution in [3.8, 4) is 0 Å². The standard InChI is InChI=1S/C14H14N2OS/c1-11(18-13-5-3-2-4-6-13)14(17)16-12-7-9-15-10-8-12/h2-11H,1H3,(H,15,16,17). The van der Waals surface area contributed by atoms with E-state index in [1.807, 2.05) is 37.3 Å². The molecule has 1 atom stereocenters. The summed E-state index contributed by atoms with van der Waals surface area (Å²) in [6.45, 7) is 1.90. The maximum Gasteiger partial charge on any atom is 0.237 e. The minimum absolute atomic E-state index is 0.00458. The lowest BCUT2D eigenvalue weighted by Gasteiger charge is -2.11. The topological polar surface area (TPSA) is 42.0 Å². The molecule has 1 unspecified atom stereocenters. The highest BCUT2D eigenvalue weighted by Crippen LogP contribution is 2.23. The van der Waals surface area contributed by atoms with Gasteiger partial charge in [-0.05, 0) is 31.2 Å². The van der Waals surface area contributed by atoms with E-state index in [4.69, 9.17) is 0 Å². The minimum atomic E-state index is -0.138. The molecule has 1 N–H and O–H groups in total. The number of hydrogen-bond acceptors (Lipinski definition) is 3. The smallest absolute Gasteiger partial charge is 0.237 e. The minimum Gasteiger partial charge on any atom is -0.325 e. The molecule has 4 heteroatoms. The van der Waals surface area contributed by atoms with Crippen molar-refractivity contribution < 1.29 is 4.79 Å². The van der Waals surface area contributed by atoms with Crippen molar-refractivity contribution in [3.05, 3.63) is 54.9 Å². The molecule has 3 nitrogen and oxygen atoms in total. The number of amides is 1. The second kappa shape index (κ2) is 6.21. The van der Waals surface area contributed by atoms with E-state index in [2.05, 4.69) is 10.3 Å². The highest BCUT2D eigenvalue weighted by atomic mass is 32.2. The summed E-state index contributed by atoms with van der Waals surface area (Å²) >= 11 is 1.54. The summed E-state index contributed by atoms with van der Waals surface area (Å²) in [5.41, 5.74) is 0.774. The fourth-order valence-electron chi connectivity index (χ4n) is 1.44. The van der Waals surface area contributed by atoms with E-state index in [0.717, 1.165) is 10.6 Å².